The van der Waals surface area contributed by atoms with Crippen LogP contribution in [0.3, 0.4) is 0 Å². The Morgan fingerprint density at radius 3 is 2.46 bits per heavy atom. The molecule has 0 fully saturated rings. The number of nitrogens with zero attached hydrogens (tertiary/aromatic N) is 6. The summed E-state index contributed by atoms with van der Waals surface area (Å²) in [5, 5.41) is 39.7. The van der Waals surface area contributed by atoms with Crippen LogP contribution in [0.25, 0.3) is 5.69 Å². The summed E-state index contributed by atoms with van der Waals surface area (Å²) in [5.41, 5.74) is 1.79. The van der Waals surface area contributed by atoms with Gasteiger partial charge in [0, 0.05) is 6.42 Å². The van der Waals surface area contributed by atoms with Crippen LogP contribution in [0.4, 0.5) is 10.7 Å². The number of hydrogen-bond acceptors (Lipinski definition) is 12. The molecule has 2 heterocycles. The molecule has 0 aliphatic carbocycles. The molecule has 210 valence electrons. The fraction of sp³-hybridized carbons (Fsp3) is 0.167. The number of nitro groups is 1. The smallest absolute Gasteiger partial charge is 0.467 e. The molecule has 1 amide bonds. The Morgan fingerprint density at radius 1 is 1.12 bits per heavy atom. The van der Waals surface area contributed by atoms with Crippen molar-refractivity contribution in [3.63, 3.8) is 0 Å². The van der Waals surface area contributed by atoms with E-state index >= 15 is 0 Å². The normalized spacial score (nSPS) is 11.4. The number of benzene rings is 2. The number of hydrogen-bond donors (Lipinski definition) is 3. The van der Waals surface area contributed by atoms with Gasteiger partial charge in [0.25, 0.3) is 0 Å². The van der Waals surface area contributed by atoms with E-state index in [1.54, 1.807) is 18.3 Å². The van der Waals surface area contributed by atoms with Crippen molar-refractivity contribution in [2.45, 2.75) is 19.0 Å². The van der Waals surface area contributed by atoms with Crippen molar-refractivity contribution >= 4 is 36.6 Å². The van der Waals surface area contributed by atoms with Gasteiger partial charge in [-0.1, -0.05) is 34.5 Å². The van der Waals surface area contributed by atoms with Gasteiger partial charge in [-0.15, -0.1) is 5.10 Å². The number of rotatable bonds is 10. The second-order valence-corrected chi connectivity index (χ2v) is 8.53. The molecule has 2 aromatic heterocycles. The van der Waals surface area contributed by atoms with Crippen LogP contribution in [0.5, 0.6) is 0 Å². The van der Waals surface area contributed by atoms with Gasteiger partial charge in [0.1, 0.15) is 30.7 Å². The van der Waals surface area contributed by atoms with E-state index < -0.39 is 36.1 Å². The SMILES string of the molecule is COC(=O)[C@H](Cc1ccc([10B](O)O)cc1)NC(=O)OC(=O)c1ccc(-n2cc(Cn3ccnc3[N+](=O)[O-])nn2)cc1. The molecular formula is C24H22BN7O9. The Morgan fingerprint density at radius 2 is 1.83 bits per heavy atom. The van der Waals surface area contributed by atoms with Crippen molar-refractivity contribution in [3.05, 3.63) is 94.1 Å². The number of ether oxygens (including phenoxy) is 2. The molecule has 0 saturated heterocycles. The molecule has 0 aliphatic rings. The van der Waals surface area contributed by atoms with Crippen molar-refractivity contribution in [3.8, 4) is 5.69 Å². The van der Waals surface area contributed by atoms with Crippen molar-refractivity contribution in [1.82, 2.24) is 29.9 Å². The first-order valence-electron chi connectivity index (χ1n) is 11.9. The average Bonchev–Trinajstić information content (AvgIpc) is 3.63. The molecular weight excluding hydrogens is 540 g/mol. The van der Waals surface area contributed by atoms with Gasteiger partial charge in [0.2, 0.25) is 0 Å². The number of imidazole rings is 1. The van der Waals surface area contributed by atoms with E-state index in [1.807, 2.05) is 0 Å². The van der Waals surface area contributed by atoms with E-state index in [1.165, 1.54) is 58.0 Å². The zero-order chi connectivity index (χ0) is 29.5. The van der Waals surface area contributed by atoms with Gasteiger partial charge in [-0.3, -0.25) is 0 Å². The van der Waals surface area contributed by atoms with E-state index in [2.05, 4.69) is 20.6 Å². The molecule has 17 heteroatoms. The van der Waals surface area contributed by atoms with Gasteiger partial charge in [-0.2, -0.15) is 0 Å². The predicted molar refractivity (Wildman–Crippen MR) is 139 cm³/mol. The molecule has 0 spiro atoms. The van der Waals surface area contributed by atoms with E-state index in [0.717, 1.165) is 7.11 Å². The lowest BCUT2D eigenvalue weighted by Gasteiger charge is -2.16. The Hall–Kier alpha value is -5.42. The maximum absolute atomic E-state index is 12.5. The first-order chi connectivity index (χ1) is 19.6. The molecule has 16 nitrogen and oxygen atoms in total. The van der Waals surface area contributed by atoms with Crippen molar-refractivity contribution < 1.29 is 38.8 Å². The van der Waals surface area contributed by atoms with Crippen LogP contribution in [0, 0.1) is 10.1 Å². The summed E-state index contributed by atoms with van der Waals surface area (Å²) in [4.78, 5) is 51.2. The topological polar surface area (TPSA) is 214 Å². The standard InChI is InChI=1S/C24H22BN7O9/c1-40-22(34)20(12-15-2-6-17(7-3-15)25(36)37)27-24(35)41-21(33)16-4-8-19(9-5-16)31-14-18(28-29-31)13-30-11-10-26-23(30)32(38)39/h2-11,14,20,36-37H,12-13H2,1H3,(H,27,35)/t20-/m0/s1/i25-1. The summed E-state index contributed by atoms with van der Waals surface area (Å²) >= 11 is 0. The maximum atomic E-state index is 12.5. The summed E-state index contributed by atoms with van der Waals surface area (Å²) < 4.78 is 12.2. The molecule has 3 N–H and O–H groups in total. The number of amides is 1. The molecule has 0 radical (unpaired) electrons. The van der Waals surface area contributed by atoms with Crippen molar-refractivity contribution in [2.75, 3.05) is 7.11 Å². The van der Waals surface area contributed by atoms with Crippen LogP contribution in [-0.2, 0) is 27.2 Å². The van der Waals surface area contributed by atoms with Crippen LogP contribution in [-0.4, -0.2) is 77.8 Å². The third kappa shape index (κ3) is 7.17. The highest BCUT2D eigenvalue weighted by Crippen LogP contribution is 2.13. The number of nitrogens with one attached hydrogen (secondary N) is 1. The Balaban J connectivity index is 1.36. The molecule has 0 saturated carbocycles. The summed E-state index contributed by atoms with van der Waals surface area (Å²) in [6.07, 6.45) is 3.12. The number of methoxy groups -OCH3 is 1. The second kappa shape index (κ2) is 12.6. The Kier molecular flexibility index (Phi) is 8.80. The highest BCUT2D eigenvalue weighted by Gasteiger charge is 2.25. The summed E-state index contributed by atoms with van der Waals surface area (Å²) in [7, 11) is -0.513. The lowest BCUT2D eigenvalue weighted by molar-refractivity contribution is -0.396. The average molecular weight is 562 g/mol. The quantitative estimate of drug-likeness (QED) is 0.0750. The van der Waals surface area contributed by atoms with E-state index in [9.17, 15) is 34.5 Å². The molecule has 0 bridgehead atoms. The van der Waals surface area contributed by atoms with Crippen LogP contribution < -0.4 is 10.8 Å². The molecule has 4 rings (SSSR count). The van der Waals surface area contributed by atoms with Gasteiger partial charge in [-0.25, -0.2) is 23.6 Å². The number of esters is 2. The first kappa shape index (κ1) is 28.6. The number of carbonyl (C=O) groups excluding carboxylic acids is 3. The minimum atomic E-state index is -1.65. The van der Waals surface area contributed by atoms with Crippen LogP contribution >= 0.6 is 0 Å². The number of aromatic nitrogens is 5. The lowest BCUT2D eigenvalue weighted by atomic mass is 9.26. The fourth-order valence-electron chi connectivity index (χ4n) is 3.73. The van der Waals surface area contributed by atoms with E-state index in [4.69, 9.17) is 9.47 Å². The maximum Gasteiger partial charge on any atom is 0.488 e. The summed E-state index contributed by atoms with van der Waals surface area (Å²) in [6.45, 7) is 0.0689. The lowest BCUT2D eigenvalue weighted by Crippen LogP contribution is -2.44. The summed E-state index contributed by atoms with van der Waals surface area (Å²) in [5.74, 6) is -2.09. The van der Waals surface area contributed by atoms with Crippen molar-refractivity contribution in [2.24, 2.45) is 0 Å². The van der Waals surface area contributed by atoms with Gasteiger partial charge in [-0.05, 0) is 40.2 Å². The van der Waals surface area contributed by atoms with Gasteiger partial charge in [0.15, 0.2) is 0 Å². The van der Waals surface area contributed by atoms with Crippen molar-refractivity contribution in [1.29, 1.82) is 0 Å². The zero-order valence-corrected chi connectivity index (χ0v) is 21.4. The molecule has 41 heavy (non-hydrogen) atoms. The largest absolute Gasteiger partial charge is 0.488 e. The number of carbonyl (C=O) groups is 3. The molecule has 2 aromatic carbocycles. The van der Waals surface area contributed by atoms with Crippen LogP contribution in [0.2, 0.25) is 0 Å². The minimum absolute atomic E-state index is 0.0133. The van der Waals surface area contributed by atoms with Gasteiger partial charge >= 0.3 is 31.1 Å². The minimum Gasteiger partial charge on any atom is -0.467 e. The third-order valence-corrected chi connectivity index (χ3v) is 5.78. The highest BCUT2D eigenvalue weighted by molar-refractivity contribution is 6.58. The molecule has 0 unspecified atom stereocenters. The Labute approximate surface area is 231 Å². The van der Waals surface area contributed by atoms with E-state index in [-0.39, 0.29) is 29.9 Å². The van der Waals surface area contributed by atoms with E-state index in [0.29, 0.717) is 16.9 Å². The monoisotopic (exact) mass is 562 g/mol. The molecule has 1 atom stereocenters. The second-order valence-electron chi connectivity index (χ2n) is 8.53. The Bertz CT molecular complexity index is 1550. The summed E-state index contributed by atoms with van der Waals surface area (Å²) in [6, 6.07) is 10.6. The molecule has 0 aliphatic heterocycles. The van der Waals surface area contributed by atoms with Gasteiger partial charge in [0.05, 0.1) is 24.6 Å². The molecule has 4 aromatic rings. The first-order valence-corrected chi connectivity index (χ1v) is 11.9. The van der Waals surface area contributed by atoms with Gasteiger partial charge < -0.3 is 35.0 Å². The highest BCUT2D eigenvalue weighted by atomic mass is 16.6. The predicted octanol–water partition coefficient (Wildman–Crippen LogP) is -0.249. The van der Waals surface area contributed by atoms with Crippen LogP contribution in [0.15, 0.2) is 67.1 Å². The number of alkyl carbamates (subject to hydrolysis) is 1. The fourth-order valence-corrected chi connectivity index (χ4v) is 3.73. The third-order valence-electron chi connectivity index (χ3n) is 5.78. The van der Waals surface area contributed by atoms with Crippen LogP contribution in [0.1, 0.15) is 21.6 Å². The zero-order valence-electron chi connectivity index (χ0n) is 21.4.